The number of aryl methyl sites for hydroxylation is 3. The van der Waals surface area contributed by atoms with E-state index in [0.29, 0.717) is 76.9 Å². The molecule has 3 fully saturated rings. The summed E-state index contributed by atoms with van der Waals surface area (Å²) < 4.78 is 50.6. The Morgan fingerprint density at radius 3 is 2.32 bits per heavy atom. The molecule has 16 nitrogen and oxygen atoms in total. The third-order valence-corrected chi connectivity index (χ3v) is 15.5. The van der Waals surface area contributed by atoms with Crippen molar-refractivity contribution in [1.29, 1.82) is 0 Å². The van der Waals surface area contributed by atoms with Crippen LogP contribution in [-0.2, 0) is 23.7 Å². The van der Waals surface area contributed by atoms with Gasteiger partial charge >= 0.3 is 11.4 Å². The van der Waals surface area contributed by atoms with Crippen LogP contribution in [0.3, 0.4) is 0 Å². The quantitative estimate of drug-likeness (QED) is 0.165. The topological polar surface area (TPSA) is 159 Å². The van der Waals surface area contributed by atoms with Crippen LogP contribution in [-0.4, -0.2) is 90.6 Å². The van der Waals surface area contributed by atoms with Gasteiger partial charge in [0.15, 0.2) is 11.6 Å². The van der Waals surface area contributed by atoms with Gasteiger partial charge in [-0.05, 0) is 132 Å². The van der Waals surface area contributed by atoms with E-state index in [1.54, 1.807) is 60.7 Å². The lowest BCUT2D eigenvalue weighted by Gasteiger charge is -2.41. The molecule has 1 N–H and O–H groups in total. The van der Waals surface area contributed by atoms with Crippen molar-refractivity contribution in [2.24, 2.45) is 13.0 Å². The van der Waals surface area contributed by atoms with E-state index in [0.717, 1.165) is 29.3 Å². The van der Waals surface area contributed by atoms with Crippen molar-refractivity contribution in [2.45, 2.75) is 96.0 Å². The van der Waals surface area contributed by atoms with E-state index in [1.165, 1.54) is 21.5 Å². The van der Waals surface area contributed by atoms with Crippen LogP contribution in [0.25, 0.3) is 39.0 Å². The Balaban J connectivity index is 1.04. The van der Waals surface area contributed by atoms with Gasteiger partial charge in [0.2, 0.25) is 0 Å². The highest BCUT2D eigenvalue weighted by molar-refractivity contribution is 6.00. The van der Waals surface area contributed by atoms with Crippen molar-refractivity contribution < 1.29 is 22.8 Å². The van der Waals surface area contributed by atoms with Crippen LogP contribution in [0.5, 0.6) is 0 Å². The van der Waals surface area contributed by atoms with Crippen LogP contribution >= 0.6 is 0 Å². The fourth-order valence-electron chi connectivity index (χ4n) is 11.9. The maximum Gasteiger partial charge on any atom is 0.438 e. The normalized spacial score (nSPS) is 25.2. The van der Waals surface area contributed by atoms with Gasteiger partial charge in [-0.1, -0.05) is 18.1 Å². The molecule has 0 bridgehead atoms. The van der Waals surface area contributed by atoms with Gasteiger partial charge in [0, 0.05) is 55.5 Å². The molecule has 12 rings (SSSR count). The number of hydrogen-bond acceptors (Lipinski definition) is 9. The van der Waals surface area contributed by atoms with E-state index in [9.17, 15) is 9.59 Å². The van der Waals surface area contributed by atoms with E-state index in [-0.39, 0.29) is 40.2 Å². The fourth-order valence-corrected chi connectivity index (χ4v) is 11.9. The van der Waals surface area contributed by atoms with E-state index in [2.05, 4.69) is 59.1 Å². The molecule has 4 aliphatic rings. The lowest BCUT2D eigenvalue weighted by Crippen LogP contribution is -2.52. The van der Waals surface area contributed by atoms with E-state index < -0.39 is 34.5 Å². The number of imidazole rings is 1. The summed E-state index contributed by atoms with van der Waals surface area (Å²) in [6, 6.07) is 14.3. The third-order valence-electron chi connectivity index (χ3n) is 15.5. The summed E-state index contributed by atoms with van der Waals surface area (Å²) in [4.78, 5) is 50.4. The first kappa shape index (κ1) is 42.4. The number of amides is 1. The van der Waals surface area contributed by atoms with Crippen molar-refractivity contribution in [3.63, 3.8) is 0 Å². The zero-order valence-corrected chi connectivity index (χ0v) is 39.1. The van der Waals surface area contributed by atoms with Crippen LogP contribution in [0.15, 0.2) is 81.2 Å². The second kappa shape index (κ2) is 14.3. The van der Waals surface area contributed by atoms with Gasteiger partial charge in [0.25, 0.3) is 5.91 Å². The van der Waals surface area contributed by atoms with Crippen LogP contribution in [0.2, 0.25) is 0 Å². The molecule has 3 aromatic carbocycles. The van der Waals surface area contributed by atoms with Crippen LogP contribution in [0, 0.1) is 31.4 Å². The van der Waals surface area contributed by atoms with Gasteiger partial charge in [-0.25, -0.2) is 23.1 Å². The monoisotopic (exact) mass is 923 g/mol. The van der Waals surface area contributed by atoms with Crippen molar-refractivity contribution in [2.75, 3.05) is 20.2 Å². The number of benzene rings is 3. The minimum atomic E-state index is -0.882. The number of carbonyl (C=O) groups excluding carboxylic acids is 1. The first-order valence-corrected chi connectivity index (χ1v) is 23.1. The number of fused-ring (bicyclic) bond motifs is 3. The summed E-state index contributed by atoms with van der Waals surface area (Å²) in [5.41, 5.74) is 3.08. The SMILES string of the molecule is Cc1cc(-n2nc3c(c2-n2ccn(-c4ccc5c(cnn5C)c4F)c2=O)[C@H](C)N(C(=O)c2cc4cc([C@H]5CCOC(C)(C)C5)ccc4n2[C@@]2(c4noc(=O)[nH]4)C[C@@H]2C)C2(C3)CN2C)cc(C)c1F. The molecule has 1 aliphatic carbocycles. The molecule has 5 aromatic heterocycles. The van der Waals surface area contributed by atoms with Crippen molar-refractivity contribution in [3.05, 3.63) is 139 Å². The number of likely N-dealkylation sites (N-methyl/N-ethyl adjacent to an activating group) is 1. The number of aromatic amines is 1. The molecule has 6 atom stereocenters. The summed E-state index contributed by atoms with van der Waals surface area (Å²) >= 11 is 0. The van der Waals surface area contributed by atoms with Crippen molar-refractivity contribution in [1.82, 2.24) is 53.2 Å². The molecular weight excluding hydrogens is 873 g/mol. The molecule has 2 saturated heterocycles. The lowest BCUT2D eigenvalue weighted by molar-refractivity contribution is -0.0592. The summed E-state index contributed by atoms with van der Waals surface area (Å²) in [6.45, 7) is 12.8. The molecule has 0 radical (unpaired) electrons. The second-order valence-corrected chi connectivity index (χ2v) is 20.2. The van der Waals surface area contributed by atoms with Crippen LogP contribution in [0.1, 0.15) is 103 Å². The average molecular weight is 924 g/mol. The largest absolute Gasteiger partial charge is 0.438 e. The number of rotatable bonds is 7. The molecule has 68 heavy (non-hydrogen) atoms. The fraction of sp³-hybridized carbons (Fsp3) is 0.400. The van der Waals surface area contributed by atoms with Gasteiger partial charge in [0.05, 0.1) is 45.8 Å². The van der Waals surface area contributed by atoms with Crippen LogP contribution in [0.4, 0.5) is 8.78 Å². The van der Waals surface area contributed by atoms with E-state index in [4.69, 9.17) is 14.4 Å². The van der Waals surface area contributed by atoms with E-state index >= 15 is 13.6 Å². The zero-order valence-electron chi connectivity index (χ0n) is 39.1. The summed E-state index contributed by atoms with van der Waals surface area (Å²) in [7, 11) is 3.70. The Bertz CT molecular complexity index is 3550. The number of ether oxygens (including phenoxy) is 1. The molecule has 18 heteroatoms. The number of nitrogens with one attached hydrogen (secondary N) is 1. The first-order valence-electron chi connectivity index (χ1n) is 23.1. The number of aromatic nitrogens is 9. The number of nitrogens with zero attached hydrogens (tertiary/aromatic N) is 10. The number of H-pyrrole nitrogens is 1. The second-order valence-electron chi connectivity index (χ2n) is 20.2. The maximum absolute atomic E-state index is 16.3. The molecule has 350 valence electrons. The van der Waals surface area contributed by atoms with Gasteiger partial charge in [-0.2, -0.15) is 10.2 Å². The van der Waals surface area contributed by atoms with Crippen molar-refractivity contribution >= 4 is 27.7 Å². The molecule has 2 unspecified atom stereocenters. The molecule has 1 saturated carbocycles. The summed E-state index contributed by atoms with van der Waals surface area (Å²) in [5.74, 6) is -0.955. The number of carbonyl (C=O) groups is 1. The Hall–Kier alpha value is -6.92. The Morgan fingerprint density at radius 2 is 1.65 bits per heavy atom. The van der Waals surface area contributed by atoms with Gasteiger partial charge in [-0.3, -0.25) is 33.0 Å². The number of hydrogen-bond donors (Lipinski definition) is 1. The Morgan fingerprint density at radius 1 is 0.926 bits per heavy atom. The Kier molecular flexibility index (Phi) is 8.93. The molecule has 1 spiro atoms. The lowest BCUT2D eigenvalue weighted by atomic mass is 9.83. The highest BCUT2D eigenvalue weighted by Gasteiger charge is 2.63. The summed E-state index contributed by atoms with van der Waals surface area (Å²) in [5, 5.41) is 14.8. The Labute approximate surface area is 388 Å². The van der Waals surface area contributed by atoms with Crippen LogP contribution < -0.4 is 11.4 Å². The standard InChI is InChI=1S/C50H51F2N11O5/c1-26-17-33(18-27(2)41(26)51)63-43(60-15-14-59(47(60)66)38-12-11-37-34(42(38)52)24-53-58(37)8)40-29(4)61(49(25-57(49)7)23-35(40)55-63)44(64)39-20-32-19-30(31-13-16-67-48(5,6)22-31)9-10-36(32)62(39)50(21-28(50)3)45-54-46(65)68-56-45/h9-12,14-15,17-20,24,28-29,31H,13,16,21-23,25H2,1-8H3,(H,54,56,65)/t28-,29-,31-,49?,50-,57?/m0/s1. The predicted octanol–water partition coefficient (Wildman–Crippen LogP) is 7.08. The number of halogens is 2. The van der Waals surface area contributed by atoms with Crippen molar-refractivity contribution in [3.8, 4) is 17.2 Å². The van der Waals surface area contributed by atoms with Gasteiger partial charge < -0.3 is 14.2 Å². The summed E-state index contributed by atoms with van der Waals surface area (Å²) in [6.07, 6.45) is 7.16. The molecule has 1 amide bonds. The minimum absolute atomic E-state index is 0.0172. The average Bonchev–Trinajstić information content (AvgIpc) is 3.68. The highest BCUT2D eigenvalue weighted by Crippen LogP contribution is 2.57. The van der Waals surface area contributed by atoms with E-state index in [1.807, 2.05) is 29.5 Å². The van der Waals surface area contributed by atoms with Gasteiger partial charge in [0.1, 0.15) is 28.5 Å². The smallest absolute Gasteiger partial charge is 0.376 e. The maximum atomic E-state index is 16.3. The molecular formula is C50H51F2N11O5. The minimum Gasteiger partial charge on any atom is -0.376 e. The zero-order chi connectivity index (χ0) is 47.5. The molecule has 8 aromatic rings. The van der Waals surface area contributed by atoms with Gasteiger partial charge in [-0.15, -0.1) is 0 Å². The highest BCUT2D eigenvalue weighted by atomic mass is 19.1. The first-order chi connectivity index (χ1) is 32.4. The molecule has 3 aliphatic heterocycles. The molecule has 8 heterocycles. The third kappa shape index (κ3) is 5.95. The predicted molar refractivity (Wildman–Crippen MR) is 248 cm³/mol.